The van der Waals surface area contributed by atoms with Crippen molar-refractivity contribution >= 4 is 29.9 Å². The number of nitrogens with one attached hydrogen (secondary N) is 1. The highest BCUT2D eigenvalue weighted by molar-refractivity contribution is 14.0. The van der Waals surface area contributed by atoms with E-state index in [1.165, 1.54) is 12.8 Å². The number of ether oxygens (including phenoxy) is 1. The average Bonchev–Trinajstić information content (AvgIpc) is 3.40. The summed E-state index contributed by atoms with van der Waals surface area (Å²) in [5.74, 6) is 1.78. The van der Waals surface area contributed by atoms with E-state index in [9.17, 15) is 8.78 Å². The van der Waals surface area contributed by atoms with Crippen molar-refractivity contribution in [2.75, 3.05) is 34.2 Å². The minimum atomic E-state index is -2.80. The average molecular weight is 496 g/mol. The smallest absolute Gasteiger partial charge is 0.387 e. The van der Waals surface area contributed by atoms with Crippen molar-refractivity contribution in [2.24, 2.45) is 10.9 Å². The number of aliphatic imine (C=N–C) groups is 1. The number of nitrogens with zero attached hydrogens (tertiary/aromatic N) is 3. The lowest BCUT2D eigenvalue weighted by atomic mass is 10.2. The van der Waals surface area contributed by atoms with Crippen LogP contribution in [0.1, 0.15) is 25.3 Å². The lowest BCUT2D eigenvalue weighted by Gasteiger charge is -2.25. The molecule has 1 aliphatic rings. The van der Waals surface area contributed by atoms with Crippen molar-refractivity contribution in [1.82, 2.24) is 15.1 Å². The summed E-state index contributed by atoms with van der Waals surface area (Å²) >= 11 is 0. The maximum atomic E-state index is 12.2. The Morgan fingerprint density at radius 2 is 1.85 bits per heavy atom. The van der Waals surface area contributed by atoms with Crippen LogP contribution >= 0.6 is 24.0 Å². The molecule has 5 nitrogen and oxygen atoms in total. The van der Waals surface area contributed by atoms with Gasteiger partial charge in [-0.2, -0.15) is 8.78 Å². The number of guanidine groups is 1. The van der Waals surface area contributed by atoms with Crippen molar-refractivity contribution in [1.29, 1.82) is 0 Å². The third-order valence-electron chi connectivity index (χ3n) is 4.52. The molecule has 0 saturated heterocycles. The van der Waals surface area contributed by atoms with E-state index in [1.807, 2.05) is 18.9 Å². The fourth-order valence-corrected chi connectivity index (χ4v) is 2.99. The number of likely N-dealkylation sites (N-methyl/N-ethyl adjacent to an activating group) is 1. The molecule has 1 unspecified atom stereocenters. The molecule has 0 aliphatic heterocycles. The maximum absolute atomic E-state index is 12.2. The summed E-state index contributed by atoms with van der Waals surface area (Å²) < 4.78 is 28.9. The molecule has 0 heterocycles. The Kier molecular flexibility index (Phi) is 10.3. The highest BCUT2D eigenvalue weighted by Crippen LogP contribution is 2.34. The van der Waals surface area contributed by atoms with Crippen molar-refractivity contribution in [3.63, 3.8) is 0 Å². The fourth-order valence-electron chi connectivity index (χ4n) is 2.99. The molecule has 1 N–H and O–H groups in total. The van der Waals surface area contributed by atoms with Gasteiger partial charge in [0.1, 0.15) is 5.75 Å². The molecule has 2 rings (SSSR count). The Balaban J connectivity index is 0.00000364. The third-order valence-corrected chi connectivity index (χ3v) is 4.52. The normalized spacial score (nSPS) is 15.5. The summed E-state index contributed by atoms with van der Waals surface area (Å²) in [5, 5.41) is 3.33. The van der Waals surface area contributed by atoms with Crippen LogP contribution in [0.3, 0.4) is 0 Å². The second-order valence-corrected chi connectivity index (χ2v) is 6.94. The second kappa shape index (κ2) is 11.6. The second-order valence-electron chi connectivity index (χ2n) is 6.94. The predicted molar refractivity (Wildman–Crippen MR) is 116 cm³/mol. The number of alkyl halides is 2. The summed E-state index contributed by atoms with van der Waals surface area (Å²) in [6.45, 7) is 1.44. The van der Waals surface area contributed by atoms with Gasteiger partial charge >= 0.3 is 6.61 Å². The standard InChI is InChI=1S/C19H30F2N4O.HI/c1-5-22-19(23-12-17(24(2)3)15-8-9-15)25(4)13-14-6-10-16(11-7-14)26-18(20)21;/h6-7,10-11,15,17-18H,5,8-9,12-13H2,1-4H3,(H,22,23);1H. The number of hydrogen-bond donors (Lipinski definition) is 1. The first kappa shape index (κ1) is 23.9. The van der Waals surface area contributed by atoms with E-state index in [2.05, 4.69) is 29.0 Å². The van der Waals surface area contributed by atoms with Crippen molar-refractivity contribution in [3.05, 3.63) is 29.8 Å². The van der Waals surface area contributed by atoms with Gasteiger partial charge in [-0.25, -0.2) is 0 Å². The van der Waals surface area contributed by atoms with Gasteiger partial charge in [0.05, 0.1) is 6.54 Å². The van der Waals surface area contributed by atoms with Gasteiger partial charge in [0.2, 0.25) is 0 Å². The van der Waals surface area contributed by atoms with E-state index in [0.29, 0.717) is 12.6 Å². The van der Waals surface area contributed by atoms with Crippen molar-refractivity contribution < 1.29 is 13.5 Å². The van der Waals surface area contributed by atoms with Crippen molar-refractivity contribution in [3.8, 4) is 5.75 Å². The number of halogens is 3. The summed E-state index contributed by atoms with van der Waals surface area (Å²) in [5.41, 5.74) is 1.01. The van der Waals surface area contributed by atoms with Gasteiger partial charge in [-0.15, -0.1) is 24.0 Å². The molecule has 0 aromatic heterocycles. The SMILES string of the molecule is CCNC(=NCC(C1CC1)N(C)C)N(C)Cc1ccc(OC(F)F)cc1.I. The minimum Gasteiger partial charge on any atom is -0.435 e. The minimum absolute atomic E-state index is 0. The molecular formula is C19H31F2IN4O. The van der Waals surface area contributed by atoms with Crippen LogP contribution in [0.15, 0.2) is 29.3 Å². The molecule has 1 aromatic rings. The fraction of sp³-hybridized carbons (Fsp3) is 0.632. The first-order chi connectivity index (χ1) is 12.4. The van der Waals surface area contributed by atoms with Crippen molar-refractivity contribution in [2.45, 2.75) is 39.0 Å². The van der Waals surface area contributed by atoms with Gasteiger partial charge in [0.25, 0.3) is 0 Å². The molecule has 1 saturated carbocycles. The molecule has 8 heteroatoms. The van der Waals surface area contributed by atoms with Crippen LogP contribution in [-0.4, -0.2) is 62.6 Å². The molecule has 1 fully saturated rings. The maximum Gasteiger partial charge on any atom is 0.387 e. The van der Waals surface area contributed by atoms with Gasteiger partial charge in [0.15, 0.2) is 5.96 Å². The highest BCUT2D eigenvalue weighted by atomic mass is 127. The Labute approximate surface area is 178 Å². The molecule has 27 heavy (non-hydrogen) atoms. The lowest BCUT2D eigenvalue weighted by molar-refractivity contribution is -0.0498. The van der Waals surface area contributed by atoms with Crippen LogP contribution in [0.2, 0.25) is 0 Å². The number of benzene rings is 1. The molecule has 0 spiro atoms. The Morgan fingerprint density at radius 3 is 2.33 bits per heavy atom. The first-order valence-electron chi connectivity index (χ1n) is 9.10. The van der Waals surface area contributed by atoms with Crippen LogP contribution in [0.5, 0.6) is 5.75 Å². The molecule has 0 amide bonds. The predicted octanol–water partition coefficient (Wildman–Crippen LogP) is 3.64. The summed E-state index contributed by atoms with van der Waals surface area (Å²) in [6.07, 6.45) is 2.58. The lowest BCUT2D eigenvalue weighted by Crippen LogP contribution is -2.40. The van der Waals surface area contributed by atoms with Gasteiger partial charge in [-0.1, -0.05) is 12.1 Å². The van der Waals surface area contributed by atoms with Crippen LogP contribution in [0, 0.1) is 5.92 Å². The van der Waals surface area contributed by atoms with Gasteiger partial charge in [0, 0.05) is 26.2 Å². The molecule has 1 aromatic carbocycles. The zero-order valence-corrected chi connectivity index (χ0v) is 18.8. The quantitative estimate of drug-likeness (QED) is 0.322. The summed E-state index contributed by atoms with van der Waals surface area (Å²) in [4.78, 5) is 9.12. The van der Waals surface area contributed by atoms with E-state index in [1.54, 1.807) is 24.3 Å². The Morgan fingerprint density at radius 1 is 1.22 bits per heavy atom. The largest absolute Gasteiger partial charge is 0.435 e. The molecular weight excluding hydrogens is 465 g/mol. The zero-order valence-electron chi connectivity index (χ0n) is 16.5. The summed E-state index contributed by atoms with van der Waals surface area (Å²) in [7, 11) is 6.20. The first-order valence-corrected chi connectivity index (χ1v) is 9.10. The Hall–Kier alpha value is -1.16. The Bertz CT molecular complexity index is 578. The topological polar surface area (TPSA) is 40.1 Å². The van der Waals surface area contributed by atoms with Crippen LogP contribution in [-0.2, 0) is 6.54 Å². The van der Waals surface area contributed by atoms with Crippen LogP contribution in [0.4, 0.5) is 8.78 Å². The van der Waals surface area contributed by atoms with E-state index >= 15 is 0 Å². The zero-order chi connectivity index (χ0) is 19.1. The van der Waals surface area contributed by atoms with E-state index in [0.717, 1.165) is 30.5 Å². The molecule has 1 aliphatic carbocycles. The third kappa shape index (κ3) is 8.16. The molecule has 1 atom stereocenters. The monoisotopic (exact) mass is 496 g/mol. The van der Waals surface area contributed by atoms with Gasteiger partial charge in [-0.05, 0) is 57.5 Å². The number of hydrogen-bond acceptors (Lipinski definition) is 3. The molecule has 154 valence electrons. The van der Waals surface area contributed by atoms with Crippen LogP contribution in [0.25, 0.3) is 0 Å². The van der Waals surface area contributed by atoms with E-state index < -0.39 is 6.61 Å². The van der Waals surface area contributed by atoms with Crippen LogP contribution < -0.4 is 10.1 Å². The molecule has 0 bridgehead atoms. The van der Waals surface area contributed by atoms with E-state index in [4.69, 9.17) is 4.99 Å². The van der Waals surface area contributed by atoms with Gasteiger partial charge in [-0.3, -0.25) is 4.99 Å². The van der Waals surface area contributed by atoms with E-state index in [-0.39, 0.29) is 29.7 Å². The highest BCUT2D eigenvalue weighted by Gasteiger charge is 2.32. The summed E-state index contributed by atoms with van der Waals surface area (Å²) in [6, 6.07) is 7.20. The van der Waals surface area contributed by atoms with Gasteiger partial charge < -0.3 is 19.9 Å². The number of rotatable bonds is 9. The molecule has 0 radical (unpaired) electrons.